The zero-order valence-electron chi connectivity index (χ0n) is 10.6. The maximum absolute atomic E-state index is 5.34. The van der Waals surface area contributed by atoms with Crippen molar-refractivity contribution in [3.8, 4) is 0 Å². The second-order valence-electron chi connectivity index (χ2n) is 4.21. The number of rotatable bonds is 5. The number of hydrazine groups is 1. The van der Waals surface area contributed by atoms with Gasteiger partial charge >= 0.3 is 0 Å². The predicted molar refractivity (Wildman–Crippen MR) is 70.3 cm³/mol. The van der Waals surface area contributed by atoms with Crippen LogP contribution in [0.2, 0.25) is 0 Å². The van der Waals surface area contributed by atoms with Crippen molar-refractivity contribution in [2.45, 2.75) is 6.92 Å². The molecule has 1 aromatic heterocycles. The first-order valence-electron chi connectivity index (χ1n) is 6.14. The van der Waals surface area contributed by atoms with Crippen LogP contribution >= 0.6 is 0 Å². The number of nitrogens with two attached hydrogens (primary N) is 1. The Morgan fingerprint density at radius 3 is 2.78 bits per heavy atom. The predicted octanol–water partition coefficient (Wildman–Crippen LogP) is -0.185. The molecule has 0 aromatic carbocycles. The van der Waals surface area contributed by atoms with Crippen LogP contribution in [0.5, 0.6) is 0 Å². The van der Waals surface area contributed by atoms with E-state index in [2.05, 4.69) is 25.6 Å². The molecule has 4 N–H and O–H groups in total. The van der Waals surface area contributed by atoms with Gasteiger partial charge in [-0.3, -0.25) is 4.90 Å². The molecule has 0 saturated carbocycles. The van der Waals surface area contributed by atoms with Crippen molar-refractivity contribution in [2.75, 3.05) is 50.1 Å². The Balaban J connectivity index is 1.80. The Morgan fingerprint density at radius 2 is 2.06 bits per heavy atom. The van der Waals surface area contributed by atoms with Gasteiger partial charge in [0.1, 0.15) is 17.5 Å². The Bertz CT molecular complexity index is 380. The highest BCUT2D eigenvalue weighted by molar-refractivity contribution is 5.46. The fourth-order valence-corrected chi connectivity index (χ4v) is 1.90. The lowest BCUT2D eigenvalue weighted by Gasteiger charge is -2.26. The first-order valence-corrected chi connectivity index (χ1v) is 6.14. The molecule has 0 atom stereocenters. The van der Waals surface area contributed by atoms with E-state index in [1.165, 1.54) is 0 Å². The molecule has 18 heavy (non-hydrogen) atoms. The van der Waals surface area contributed by atoms with Gasteiger partial charge in [-0.15, -0.1) is 0 Å². The molecule has 0 spiro atoms. The van der Waals surface area contributed by atoms with E-state index in [9.17, 15) is 0 Å². The van der Waals surface area contributed by atoms with Gasteiger partial charge in [-0.2, -0.15) is 0 Å². The number of hydrogen-bond acceptors (Lipinski definition) is 7. The van der Waals surface area contributed by atoms with Gasteiger partial charge in [-0.25, -0.2) is 15.8 Å². The monoisotopic (exact) mass is 252 g/mol. The Labute approximate surface area is 107 Å². The Morgan fingerprint density at radius 1 is 1.33 bits per heavy atom. The van der Waals surface area contributed by atoms with Gasteiger partial charge in [0.15, 0.2) is 0 Å². The molecule has 100 valence electrons. The first kappa shape index (κ1) is 13.0. The summed E-state index contributed by atoms with van der Waals surface area (Å²) in [5, 5.41) is 3.28. The molecule has 7 nitrogen and oxygen atoms in total. The maximum atomic E-state index is 5.34. The van der Waals surface area contributed by atoms with Crippen molar-refractivity contribution < 1.29 is 4.74 Å². The number of morpholine rings is 1. The second-order valence-corrected chi connectivity index (χ2v) is 4.21. The fraction of sp³-hybridized carbons (Fsp3) is 0.636. The molecule has 1 aliphatic heterocycles. The van der Waals surface area contributed by atoms with E-state index in [0.717, 1.165) is 45.2 Å². The number of nitrogens with zero attached hydrogens (tertiary/aromatic N) is 3. The van der Waals surface area contributed by atoms with E-state index in [1.54, 1.807) is 6.07 Å². The summed E-state index contributed by atoms with van der Waals surface area (Å²) in [4.78, 5) is 10.8. The highest BCUT2D eigenvalue weighted by atomic mass is 16.5. The summed E-state index contributed by atoms with van der Waals surface area (Å²) >= 11 is 0. The second kappa shape index (κ2) is 6.48. The summed E-state index contributed by atoms with van der Waals surface area (Å²) in [6.45, 7) is 7.33. The van der Waals surface area contributed by atoms with Gasteiger partial charge in [-0.05, 0) is 6.92 Å². The Hall–Kier alpha value is -1.44. The number of anilines is 2. The number of nitrogens with one attached hydrogen (secondary N) is 2. The Kier molecular flexibility index (Phi) is 4.68. The van der Waals surface area contributed by atoms with Crippen molar-refractivity contribution in [2.24, 2.45) is 5.84 Å². The molecule has 0 bridgehead atoms. The molecule has 0 radical (unpaired) electrons. The first-order chi connectivity index (χ1) is 8.78. The molecular weight excluding hydrogens is 232 g/mol. The summed E-state index contributed by atoms with van der Waals surface area (Å²) in [5.41, 5.74) is 2.53. The zero-order chi connectivity index (χ0) is 12.8. The van der Waals surface area contributed by atoms with Crippen molar-refractivity contribution in [1.82, 2.24) is 14.9 Å². The third kappa shape index (κ3) is 3.80. The molecule has 0 unspecified atom stereocenters. The van der Waals surface area contributed by atoms with Crippen LogP contribution < -0.4 is 16.6 Å². The number of ether oxygens (including phenoxy) is 1. The zero-order valence-corrected chi connectivity index (χ0v) is 10.6. The van der Waals surface area contributed by atoms with Crippen LogP contribution in [0.3, 0.4) is 0 Å². The lowest BCUT2D eigenvalue weighted by atomic mass is 10.4. The van der Waals surface area contributed by atoms with Crippen molar-refractivity contribution in [3.63, 3.8) is 0 Å². The summed E-state index contributed by atoms with van der Waals surface area (Å²) in [6.07, 6.45) is 0. The fourth-order valence-electron chi connectivity index (χ4n) is 1.90. The van der Waals surface area contributed by atoms with Crippen molar-refractivity contribution in [1.29, 1.82) is 0 Å². The highest BCUT2D eigenvalue weighted by Gasteiger charge is 2.09. The van der Waals surface area contributed by atoms with Crippen LogP contribution in [0.4, 0.5) is 11.6 Å². The number of aryl methyl sites for hydroxylation is 1. The van der Waals surface area contributed by atoms with Gasteiger partial charge in [0, 0.05) is 32.2 Å². The molecular formula is C11H20N6O. The van der Waals surface area contributed by atoms with Crippen LogP contribution in [0.15, 0.2) is 6.07 Å². The van der Waals surface area contributed by atoms with Gasteiger partial charge in [-0.1, -0.05) is 0 Å². The molecule has 2 heterocycles. The quantitative estimate of drug-likeness (QED) is 0.494. The summed E-state index contributed by atoms with van der Waals surface area (Å²) in [7, 11) is 0. The van der Waals surface area contributed by atoms with Gasteiger partial charge < -0.3 is 15.5 Å². The average Bonchev–Trinajstić information content (AvgIpc) is 2.39. The molecule has 1 aliphatic rings. The van der Waals surface area contributed by atoms with E-state index in [1.807, 2.05) is 6.92 Å². The number of hydrogen-bond donors (Lipinski definition) is 3. The standard InChI is InChI=1S/C11H20N6O/c1-9-14-10(8-11(15-9)16-12)13-2-3-17-4-6-18-7-5-17/h8H,2-7,12H2,1H3,(H2,13,14,15,16). The molecule has 0 aliphatic carbocycles. The molecule has 2 rings (SSSR count). The summed E-state index contributed by atoms with van der Waals surface area (Å²) in [6, 6.07) is 1.80. The van der Waals surface area contributed by atoms with Crippen LogP contribution in [-0.2, 0) is 4.74 Å². The maximum Gasteiger partial charge on any atom is 0.145 e. The smallest absolute Gasteiger partial charge is 0.145 e. The number of aromatic nitrogens is 2. The van der Waals surface area contributed by atoms with Crippen molar-refractivity contribution in [3.05, 3.63) is 11.9 Å². The van der Waals surface area contributed by atoms with E-state index < -0.39 is 0 Å². The van der Waals surface area contributed by atoms with Crippen LogP contribution in [0.25, 0.3) is 0 Å². The van der Waals surface area contributed by atoms with Gasteiger partial charge in [0.05, 0.1) is 13.2 Å². The normalized spacial score (nSPS) is 16.6. The summed E-state index contributed by atoms with van der Waals surface area (Å²) in [5.74, 6) is 7.45. The van der Waals surface area contributed by atoms with Crippen LogP contribution in [0, 0.1) is 6.92 Å². The average molecular weight is 252 g/mol. The van der Waals surface area contributed by atoms with Crippen molar-refractivity contribution >= 4 is 11.6 Å². The number of nitrogen functional groups attached to an aromatic ring is 1. The van der Waals surface area contributed by atoms with E-state index >= 15 is 0 Å². The van der Waals surface area contributed by atoms with E-state index in [4.69, 9.17) is 10.6 Å². The SMILES string of the molecule is Cc1nc(NN)cc(NCCN2CCOCC2)n1. The third-order valence-electron chi connectivity index (χ3n) is 2.82. The molecule has 7 heteroatoms. The van der Waals surface area contributed by atoms with Crippen LogP contribution in [-0.4, -0.2) is 54.3 Å². The molecule has 0 amide bonds. The van der Waals surface area contributed by atoms with E-state index in [-0.39, 0.29) is 0 Å². The lowest BCUT2D eigenvalue weighted by Crippen LogP contribution is -2.39. The van der Waals surface area contributed by atoms with E-state index in [0.29, 0.717) is 11.6 Å². The molecule has 1 fully saturated rings. The minimum absolute atomic E-state index is 0.622. The van der Waals surface area contributed by atoms with Gasteiger partial charge in [0.25, 0.3) is 0 Å². The summed E-state index contributed by atoms with van der Waals surface area (Å²) < 4.78 is 5.31. The minimum Gasteiger partial charge on any atom is -0.379 e. The van der Waals surface area contributed by atoms with Crippen LogP contribution in [0.1, 0.15) is 5.82 Å². The molecule has 1 aromatic rings. The highest BCUT2D eigenvalue weighted by Crippen LogP contribution is 2.09. The molecule has 1 saturated heterocycles. The topological polar surface area (TPSA) is 88.3 Å². The third-order valence-corrected chi connectivity index (χ3v) is 2.82. The largest absolute Gasteiger partial charge is 0.379 e. The lowest BCUT2D eigenvalue weighted by molar-refractivity contribution is 0.0398. The van der Waals surface area contributed by atoms with Gasteiger partial charge in [0.2, 0.25) is 0 Å². The minimum atomic E-state index is 0.622.